The Balaban J connectivity index is 0.000000360. The van der Waals surface area contributed by atoms with Gasteiger partial charge in [-0.3, -0.25) is 0 Å². The first-order valence-corrected chi connectivity index (χ1v) is 4.31. The Morgan fingerprint density at radius 1 is 1.71 bits per heavy atom. The van der Waals surface area contributed by atoms with Crippen molar-refractivity contribution in [3.63, 3.8) is 0 Å². The van der Waals surface area contributed by atoms with Crippen molar-refractivity contribution in [3.8, 4) is 0 Å². The monoisotopic (exact) mass is 218 g/mol. The van der Waals surface area contributed by atoms with Crippen LogP contribution < -0.4 is 0 Å². The first kappa shape index (κ1) is 7.93. The molecule has 0 aromatic heterocycles. The largest absolute Gasteiger partial charge is 0.243 e. The van der Waals surface area contributed by atoms with Gasteiger partial charge in [0.15, 0.2) is 0 Å². The Bertz CT molecular complexity index is 101. The van der Waals surface area contributed by atoms with Crippen LogP contribution in [0.3, 0.4) is 0 Å². The van der Waals surface area contributed by atoms with Crippen molar-refractivity contribution in [2.45, 2.75) is 0 Å². The van der Waals surface area contributed by atoms with Gasteiger partial charge in [-0.25, -0.2) is 4.21 Å². The summed E-state index contributed by atoms with van der Waals surface area (Å²) in [4.78, 5) is 0. The van der Waals surface area contributed by atoms with Crippen LogP contribution in [0.1, 0.15) is 0 Å². The molecule has 4 heteroatoms. The summed E-state index contributed by atoms with van der Waals surface area (Å²) in [5.74, 6) is 0.923. The second kappa shape index (κ2) is 3.87. The van der Waals surface area contributed by atoms with E-state index in [1.54, 1.807) is 5.41 Å². The molecule has 0 aromatic carbocycles. The molecule has 0 bridgehead atoms. The minimum absolute atomic E-state index is 0. The molecule has 1 aliphatic rings. The summed E-state index contributed by atoms with van der Waals surface area (Å²) in [6.45, 7) is 0. The van der Waals surface area contributed by atoms with Gasteiger partial charge in [0.25, 0.3) is 0 Å². The molecule has 0 radical (unpaired) electrons. The van der Waals surface area contributed by atoms with Gasteiger partial charge in [-0.1, -0.05) is 16.9 Å². The summed E-state index contributed by atoms with van der Waals surface area (Å²) in [6, 6.07) is 0. The molecule has 0 fully saturated rings. The van der Waals surface area contributed by atoms with Crippen molar-refractivity contribution in [2.24, 2.45) is 0 Å². The quantitative estimate of drug-likeness (QED) is 0.442. The van der Waals surface area contributed by atoms with Crippen LogP contribution in [0.4, 0.5) is 0 Å². The van der Waals surface area contributed by atoms with Gasteiger partial charge in [-0.15, -0.1) is 0 Å². The predicted molar refractivity (Wildman–Crippen MR) is 29.7 cm³/mol. The number of rotatable bonds is 0. The average Bonchev–Trinajstić information content (AvgIpc) is 1.86. The molecule has 0 N–H and O–H groups in total. The van der Waals surface area contributed by atoms with Crippen molar-refractivity contribution in [1.29, 1.82) is 0 Å². The van der Waals surface area contributed by atoms with Crippen LogP contribution in [0.15, 0.2) is 11.5 Å². The van der Waals surface area contributed by atoms with Gasteiger partial charge in [-0.2, -0.15) is 0 Å². The van der Waals surface area contributed by atoms with Crippen molar-refractivity contribution in [3.05, 3.63) is 11.5 Å². The molecule has 1 unspecified atom stereocenters. The molecule has 0 aromatic rings. The fourth-order valence-corrected chi connectivity index (χ4v) is 2.14. The van der Waals surface area contributed by atoms with Gasteiger partial charge in [0.05, 0.1) is 0 Å². The summed E-state index contributed by atoms with van der Waals surface area (Å²) in [7, 11) is 0.772. The average molecular weight is 216 g/mol. The third-order valence-electron chi connectivity index (χ3n) is 0.488. The number of hydrogen-bond donors (Lipinski definition) is 0. The van der Waals surface area contributed by atoms with Crippen molar-refractivity contribution in [1.82, 2.24) is 0 Å². The Morgan fingerprint density at radius 2 is 2.43 bits per heavy atom. The summed E-state index contributed by atoms with van der Waals surface area (Å²) in [5.41, 5.74) is 0. The fraction of sp³-hybridized carbons (Fsp3) is 0.333. The molecule has 1 aliphatic heterocycles. The summed E-state index contributed by atoms with van der Waals surface area (Å²) < 4.78 is 10.2. The molecule has 0 aliphatic carbocycles. The maximum absolute atomic E-state index is 10.2. The van der Waals surface area contributed by atoms with Crippen molar-refractivity contribution in [2.75, 3.05) is 5.75 Å². The van der Waals surface area contributed by atoms with E-state index >= 15 is 0 Å². The zero-order valence-corrected chi connectivity index (χ0v) is 7.13. The van der Waals surface area contributed by atoms with E-state index in [-0.39, 0.29) is 21.1 Å². The van der Waals surface area contributed by atoms with Crippen LogP contribution in [-0.2, 0) is 30.9 Å². The standard InChI is InChI=1S/C3H4OS2.Mo/c4-6-3-1-2-5-6;/h1,3H,2H2;. The predicted octanol–water partition coefficient (Wildman–Crippen LogP) is 0.908. The van der Waals surface area contributed by atoms with E-state index in [2.05, 4.69) is 0 Å². The van der Waals surface area contributed by atoms with Crippen LogP contribution in [0.2, 0.25) is 0 Å². The maximum atomic E-state index is 10.2. The second-order valence-corrected chi connectivity index (χ2v) is 3.97. The molecule has 1 atom stereocenters. The topological polar surface area (TPSA) is 17.1 Å². The van der Waals surface area contributed by atoms with Gasteiger partial charge in [0, 0.05) is 32.2 Å². The van der Waals surface area contributed by atoms with Crippen molar-refractivity contribution >= 4 is 20.6 Å². The summed E-state index contributed by atoms with van der Waals surface area (Å²) >= 11 is 0. The zero-order valence-electron chi connectivity index (χ0n) is 3.49. The Kier molecular flexibility index (Phi) is 4.39. The maximum Gasteiger partial charge on any atom is 0.105 e. The van der Waals surface area contributed by atoms with E-state index in [9.17, 15) is 4.21 Å². The third kappa shape index (κ3) is 2.68. The smallest absolute Gasteiger partial charge is 0.105 e. The van der Waals surface area contributed by atoms with Crippen LogP contribution >= 0.6 is 10.8 Å². The van der Waals surface area contributed by atoms with Gasteiger partial charge in [-0.05, 0) is 0 Å². The van der Waals surface area contributed by atoms with Crippen LogP contribution in [0.25, 0.3) is 0 Å². The van der Waals surface area contributed by atoms with Crippen LogP contribution in [-0.4, -0.2) is 9.96 Å². The van der Waals surface area contributed by atoms with E-state index in [1.165, 1.54) is 10.8 Å². The SMILES string of the molecule is O=S1C=CCS1.[Mo]. The van der Waals surface area contributed by atoms with E-state index in [0.717, 1.165) is 5.75 Å². The van der Waals surface area contributed by atoms with Crippen LogP contribution in [0, 0.1) is 0 Å². The molecular formula is C3H4MoOS2. The van der Waals surface area contributed by atoms with E-state index in [1.807, 2.05) is 6.08 Å². The van der Waals surface area contributed by atoms with Crippen molar-refractivity contribution < 1.29 is 25.3 Å². The van der Waals surface area contributed by atoms with Gasteiger partial charge >= 0.3 is 0 Å². The van der Waals surface area contributed by atoms with E-state index in [4.69, 9.17) is 0 Å². The third-order valence-corrected chi connectivity index (χ3v) is 2.90. The minimum Gasteiger partial charge on any atom is -0.243 e. The minimum atomic E-state index is -0.687. The van der Waals surface area contributed by atoms with E-state index < -0.39 is 9.83 Å². The Labute approximate surface area is 63.1 Å². The molecule has 0 saturated carbocycles. The summed E-state index contributed by atoms with van der Waals surface area (Å²) in [5, 5.41) is 1.71. The molecule has 1 rings (SSSR count). The molecule has 1 nitrogen and oxygen atoms in total. The molecule has 40 valence electrons. The first-order valence-electron chi connectivity index (χ1n) is 1.60. The molecule has 0 amide bonds. The van der Waals surface area contributed by atoms with Crippen LogP contribution in [0.5, 0.6) is 0 Å². The Hall–Kier alpha value is 0.928. The normalized spacial score (nSPS) is 27.1. The molecule has 0 saturated heterocycles. The first-order chi connectivity index (χ1) is 2.89. The van der Waals surface area contributed by atoms with E-state index in [0.29, 0.717) is 0 Å². The molecule has 0 spiro atoms. The Morgan fingerprint density at radius 3 is 2.57 bits per heavy atom. The second-order valence-electron chi connectivity index (χ2n) is 0.917. The molecular weight excluding hydrogens is 212 g/mol. The summed E-state index contributed by atoms with van der Waals surface area (Å²) in [6.07, 6.45) is 1.92. The van der Waals surface area contributed by atoms with Gasteiger partial charge in [0.2, 0.25) is 0 Å². The molecule has 1 heterocycles. The van der Waals surface area contributed by atoms with Gasteiger partial charge < -0.3 is 0 Å². The fourth-order valence-electron chi connectivity index (χ4n) is 0.263. The number of hydrogen-bond acceptors (Lipinski definition) is 2. The molecule has 7 heavy (non-hydrogen) atoms. The van der Waals surface area contributed by atoms with Gasteiger partial charge in [0.1, 0.15) is 9.83 Å². The zero-order chi connectivity index (χ0) is 4.41.